The molecule has 2 aliphatic carbocycles. The normalized spacial score (nSPS) is 20.3. The summed E-state index contributed by atoms with van der Waals surface area (Å²) in [5.74, 6) is 0.437. The van der Waals surface area contributed by atoms with Gasteiger partial charge in [0.05, 0.1) is 5.69 Å². The Morgan fingerprint density at radius 1 is 1.11 bits per heavy atom. The lowest BCUT2D eigenvalue weighted by Crippen LogP contribution is -2.38. The number of benzene rings is 1. The van der Waals surface area contributed by atoms with Crippen LogP contribution < -0.4 is 15.8 Å². The third kappa shape index (κ3) is 4.57. The number of hydrogen-bond donors (Lipinski definition) is 2. The molecular formula is C26H26N6O3. The number of nitrogens with one attached hydrogen (secondary N) is 1. The Morgan fingerprint density at radius 3 is 2.77 bits per heavy atom. The summed E-state index contributed by atoms with van der Waals surface area (Å²) in [6, 6.07) is 12.6. The van der Waals surface area contributed by atoms with Gasteiger partial charge in [0.15, 0.2) is 0 Å². The standard InChI is InChI=1S/C26H26N6O3/c1-32(2)25(34)16-6-3-5-15(11-16)21-8-10-29-26(31-21)30-18-12-17-13-22(20(17)14-18)35-24-19(23(27)33)7-4-9-28-24/h3-12,18,20,22H,13-14H2,1-2H3,(H2,27,33)(H,29,30,31)/t18-,20?,22-/m1/s1. The van der Waals surface area contributed by atoms with E-state index in [4.69, 9.17) is 10.5 Å². The van der Waals surface area contributed by atoms with E-state index < -0.39 is 5.91 Å². The number of ether oxygens (including phenoxy) is 1. The summed E-state index contributed by atoms with van der Waals surface area (Å²) in [6.45, 7) is 0. The molecule has 1 aromatic carbocycles. The Bertz CT molecular complexity index is 1320. The van der Waals surface area contributed by atoms with Crippen molar-refractivity contribution in [2.24, 2.45) is 11.7 Å². The van der Waals surface area contributed by atoms with E-state index in [2.05, 4.69) is 26.3 Å². The fourth-order valence-corrected chi connectivity index (χ4v) is 4.56. The Labute approximate surface area is 203 Å². The Kier molecular flexibility index (Phi) is 5.90. The zero-order valence-corrected chi connectivity index (χ0v) is 19.5. The molecule has 178 valence electrons. The number of carbonyl (C=O) groups excluding carboxylic acids is 2. The highest BCUT2D eigenvalue weighted by Gasteiger charge is 2.43. The highest BCUT2D eigenvalue weighted by molar-refractivity contribution is 5.95. The van der Waals surface area contributed by atoms with Crippen LogP contribution in [0.25, 0.3) is 11.3 Å². The van der Waals surface area contributed by atoms with Gasteiger partial charge in [0.1, 0.15) is 11.7 Å². The van der Waals surface area contributed by atoms with Crippen molar-refractivity contribution in [1.82, 2.24) is 19.9 Å². The van der Waals surface area contributed by atoms with Crippen LogP contribution in [0.3, 0.4) is 0 Å². The van der Waals surface area contributed by atoms with Crippen molar-refractivity contribution >= 4 is 17.8 Å². The first kappa shape index (κ1) is 22.5. The smallest absolute Gasteiger partial charge is 0.254 e. The minimum Gasteiger partial charge on any atom is -0.473 e. The van der Waals surface area contributed by atoms with Crippen LogP contribution in [0.4, 0.5) is 5.95 Å². The van der Waals surface area contributed by atoms with Crippen LogP contribution in [-0.4, -0.2) is 57.9 Å². The third-order valence-electron chi connectivity index (χ3n) is 6.37. The van der Waals surface area contributed by atoms with Crippen LogP contribution in [0.2, 0.25) is 0 Å². The molecule has 0 spiro atoms. The molecule has 0 saturated heterocycles. The number of hydrogen-bond acceptors (Lipinski definition) is 7. The number of nitrogens with zero attached hydrogens (tertiary/aromatic N) is 4. The Hall–Kier alpha value is -4.27. The molecule has 1 unspecified atom stereocenters. The molecule has 3 aromatic rings. The second kappa shape index (κ2) is 9.17. The van der Waals surface area contributed by atoms with E-state index in [1.807, 2.05) is 24.3 Å². The van der Waals surface area contributed by atoms with Crippen molar-refractivity contribution in [3.05, 3.63) is 77.6 Å². The van der Waals surface area contributed by atoms with Crippen molar-refractivity contribution in [3.63, 3.8) is 0 Å². The number of rotatable bonds is 7. The average molecular weight is 471 g/mol. The van der Waals surface area contributed by atoms with Crippen LogP contribution >= 0.6 is 0 Å². The van der Waals surface area contributed by atoms with Gasteiger partial charge in [0.2, 0.25) is 11.8 Å². The summed E-state index contributed by atoms with van der Waals surface area (Å²) in [6.07, 6.45) is 7.06. The second-order valence-corrected chi connectivity index (χ2v) is 8.96. The highest BCUT2D eigenvalue weighted by Crippen LogP contribution is 2.45. The molecule has 9 nitrogen and oxygen atoms in total. The second-order valence-electron chi connectivity index (χ2n) is 8.96. The van der Waals surface area contributed by atoms with Crippen LogP contribution in [0.1, 0.15) is 33.6 Å². The van der Waals surface area contributed by atoms with Gasteiger partial charge in [-0.15, -0.1) is 0 Å². The molecule has 1 fully saturated rings. The summed E-state index contributed by atoms with van der Waals surface area (Å²) in [5.41, 5.74) is 9.24. The van der Waals surface area contributed by atoms with Gasteiger partial charge in [0.25, 0.3) is 11.8 Å². The number of primary amides is 1. The maximum Gasteiger partial charge on any atom is 0.254 e. The summed E-state index contributed by atoms with van der Waals surface area (Å²) < 4.78 is 6.04. The maximum absolute atomic E-state index is 12.3. The zero-order chi connectivity index (χ0) is 24.5. The predicted molar refractivity (Wildman–Crippen MR) is 131 cm³/mol. The number of pyridine rings is 1. The molecule has 0 radical (unpaired) electrons. The van der Waals surface area contributed by atoms with Crippen molar-refractivity contribution in [2.45, 2.75) is 25.0 Å². The van der Waals surface area contributed by atoms with E-state index in [1.54, 1.807) is 49.6 Å². The van der Waals surface area contributed by atoms with E-state index in [0.717, 1.165) is 24.1 Å². The lowest BCUT2D eigenvalue weighted by molar-refractivity contribution is 0.0826. The van der Waals surface area contributed by atoms with E-state index >= 15 is 0 Å². The van der Waals surface area contributed by atoms with Crippen LogP contribution in [0, 0.1) is 5.92 Å². The van der Waals surface area contributed by atoms with E-state index in [0.29, 0.717) is 17.1 Å². The fourth-order valence-electron chi connectivity index (χ4n) is 4.56. The molecule has 0 bridgehead atoms. The zero-order valence-electron chi connectivity index (χ0n) is 19.5. The minimum atomic E-state index is -0.553. The summed E-state index contributed by atoms with van der Waals surface area (Å²) in [4.78, 5) is 38.8. The lowest BCUT2D eigenvalue weighted by atomic mass is 9.78. The molecule has 2 amide bonds. The molecule has 3 N–H and O–H groups in total. The quantitative estimate of drug-likeness (QED) is 0.509. The van der Waals surface area contributed by atoms with Crippen LogP contribution in [0.15, 0.2) is 66.5 Å². The molecule has 5 rings (SSSR count). The molecule has 9 heteroatoms. The molecule has 2 aromatic heterocycles. The molecule has 35 heavy (non-hydrogen) atoms. The van der Waals surface area contributed by atoms with Crippen molar-refractivity contribution < 1.29 is 14.3 Å². The SMILES string of the molecule is CN(C)C(=O)c1cccc(-c2ccnc(N[C@@H]3C=C4C[C@@H](Oc5ncccc5C(N)=O)C4C3)n2)c1. The summed E-state index contributed by atoms with van der Waals surface area (Å²) in [7, 11) is 3.46. The number of nitrogens with two attached hydrogens (primary N) is 1. The average Bonchev–Trinajstić information content (AvgIpc) is 3.17. The van der Waals surface area contributed by atoms with Crippen LogP contribution in [-0.2, 0) is 0 Å². The predicted octanol–water partition coefficient (Wildman–Crippen LogP) is 2.92. The first-order valence-corrected chi connectivity index (χ1v) is 11.4. The third-order valence-corrected chi connectivity index (χ3v) is 6.37. The van der Waals surface area contributed by atoms with Gasteiger partial charge in [0, 0.05) is 56.0 Å². The van der Waals surface area contributed by atoms with Gasteiger partial charge in [-0.05, 0) is 36.8 Å². The Balaban J connectivity index is 1.25. The number of amides is 2. The summed E-state index contributed by atoms with van der Waals surface area (Å²) in [5, 5.41) is 3.40. The molecule has 2 heterocycles. The van der Waals surface area contributed by atoms with E-state index in [9.17, 15) is 9.59 Å². The van der Waals surface area contributed by atoms with Gasteiger partial charge >= 0.3 is 0 Å². The number of aromatic nitrogens is 3. The largest absolute Gasteiger partial charge is 0.473 e. The van der Waals surface area contributed by atoms with Gasteiger partial charge in [-0.3, -0.25) is 9.59 Å². The maximum atomic E-state index is 12.3. The van der Waals surface area contributed by atoms with Crippen molar-refractivity contribution in [3.8, 4) is 17.1 Å². The van der Waals surface area contributed by atoms with Gasteiger partial charge in [-0.25, -0.2) is 15.0 Å². The monoisotopic (exact) mass is 470 g/mol. The Morgan fingerprint density at radius 2 is 1.97 bits per heavy atom. The van der Waals surface area contributed by atoms with Gasteiger partial charge in [-0.2, -0.15) is 0 Å². The van der Waals surface area contributed by atoms with E-state index in [1.165, 1.54) is 5.57 Å². The molecule has 0 aliphatic heterocycles. The topological polar surface area (TPSA) is 123 Å². The van der Waals surface area contributed by atoms with Crippen molar-refractivity contribution in [2.75, 3.05) is 19.4 Å². The fraction of sp³-hybridized carbons (Fsp3) is 0.269. The molecule has 2 aliphatic rings. The first-order chi connectivity index (χ1) is 16.9. The van der Waals surface area contributed by atoms with Gasteiger partial charge < -0.3 is 20.7 Å². The molecule has 3 atom stereocenters. The van der Waals surface area contributed by atoms with E-state index in [-0.39, 0.29) is 29.9 Å². The minimum absolute atomic E-state index is 0.0507. The lowest BCUT2D eigenvalue weighted by Gasteiger charge is -2.36. The molecular weight excluding hydrogens is 444 g/mol. The highest BCUT2D eigenvalue weighted by atomic mass is 16.5. The summed E-state index contributed by atoms with van der Waals surface area (Å²) >= 11 is 0. The van der Waals surface area contributed by atoms with Crippen molar-refractivity contribution in [1.29, 1.82) is 0 Å². The number of carbonyl (C=O) groups is 2. The van der Waals surface area contributed by atoms with Crippen LogP contribution in [0.5, 0.6) is 5.88 Å². The first-order valence-electron chi connectivity index (χ1n) is 11.4. The molecule has 1 saturated carbocycles. The number of fused-ring (bicyclic) bond motifs is 1. The number of anilines is 1. The van der Waals surface area contributed by atoms with Gasteiger partial charge in [-0.1, -0.05) is 23.8 Å².